The molecule has 0 amide bonds. The summed E-state index contributed by atoms with van der Waals surface area (Å²) in [4.78, 5) is 16.9. The zero-order chi connectivity index (χ0) is 23.5. The predicted octanol–water partition coefficient (Wildman–Crippen LogP) is 4.62. The van der Waals surface area contributed by atoms with E-state index in [0.29, 0.717) is 41.0 Å². The van der Waals surface area contributed by atoms with Crippen molar-refractivity contribution >= 4 is 43.2 Å². The molecule has 0 bridgehead atoms. The number of anilines is 1. The summed E-state index contributed by atoms with van der Waals surface area (Å²) in [6.45, 7) is 1.05. The largest absolute Gasteiger partial charge is 0.490 e. The molecule has 0 atom stereocenters. The van der Waals surface area contributed by atoms with Gasteiger partial charge in [-0.05, 0) is 48.5 Å². The number of hydrogen-bond acceptors (Lipinski definition) is 8. The van der Waals surface area contributed by atoms with Crippen molar-refractivity contribution in [1.82, 2.24) is 4.98 Å². The molecule has 34 heavy (non-hydrogen) atoms. The topological polar surface area (TPSA) is 104 Å². The lowest BCUT2D eigenvalue weighted by Gasteiger charge is -2.12. The Labute approximate surface area is 200 Å². The molecule has 0 radical (unpaired) electrons. The molecule has 2 heterocycles. The first-order valence-electron chi connectivity index (χ1n) is 10.5. The molecule has 0 fully saturated rings. The number of ether oxygens (including phenoxy) is 3. The molecule has 1 aromatic heterocycles. The Hall–Kier alpha value is -3.63. The summed E-state index contributed by atoms with van der Waals surface area (Å²) in [5, 5.41) is 0.703. The molecule has 10 heteroatoms. The first kappa shape index (κ1) is 22.2. The summed E-state index contributed by atoms with van der Waals surface area (Å²) >= 11 is 1.47. The fourth-order valence-electron chi connectivity index (χ4n) is 3.39. The summed E-state index contributed by atoms with van der Waals surface area (Å²) in [6, 6.07) is 18.2. The second-order valence-corrected chi connectivity index (χ2v) is 10.3. The lowest BCUT2D eigenvalue weighted by Crippen LogP contribution is -2.13. The second-order valence-electron chi connectivity index (χ2n) is 7.49. The molecule has 3 aromatic carbocycles. The number of esters is 1. The van der Waals surface area contributed by atoms with Gasteiger partial charge in [-0.15, -0.1) is 11.3 Å². The van der Waals surface area contributed by atoms with E-state index in [2.05, 4.69) is 9.71 Å². The maximum Gasteiger partial charge on any atom is 0.338 e. The number of para-hydroxylation sites is 1. The van der Waals surface area contributed by atoms with Gasteiger partial charge < -0.3 is 14.2 Å². The normalized spacial score (nSPS) is 13.3. The van der Waals surface area contributed by atoms with Crippen LogP contribution in [-0.2, 0) is 21.4 Å². The number of benzene rings is 3. The second kappa shape index (κ2) is 9.32. The van der Waals surface area contributed by atoms with Crippen LogP contribution in [0.1, 0.15) is 21.8 Å². The number of sulfonamides is 1. The first-order chi connectivity index (χ1) is 16.5. The highest BCUT2D eigenvalue weighted by Gasteiger charge is 2.19. The average Bonchev–Trinajstić information content (AvgIpc) is 3.11. The number of thiazole rings is 1. The van der Waals surface area contributed by atoms with E-state index in [0.717, 1.165) is 16.6 Å². The van der Waals surface area contributed by atoms with E-state index in [1.54, 1.807) is 6.07 Å². The zero-order valence-electron chi connectivity index (χ0n) is 17.9. The van der Waals surface area contributed by atoms with Gasteiger partial charge >= 0.3 is 5.97 Å². The Morgan fingerprint density at radius 2 is 1.76 bits per heavy atom. The minimum absolute atomic E-state index is 0.0519. The molecule has 0 unspecified atom stereocenters. The molecule has 174 valence electrons. The Morgan fingerprint density at radius 1 is 1.00 bits per heavy atom. The van der Waals surface area contributed by atoms with Crippen LogP contribution in [0.2, 0.25) is 0 Å². The number of carbonyl (C=O) groups excluding carboxylic acids is 1. The molecule has 8 nitrogen and oxygen atoms in total. The van der Waals surface area contributed by atoms with Crippen LogP contribution in [0, 0.1) is 0 Å². The molecule has 0 saturated carbocycles. The van der Waals surface area contributed by atoms with Gasteiger partial charge in [0.25, 0.3) is 10.0 Å². The number of aromatic nitrogens is 1. The quantitative estimate of drug-likeness (QED) is 0.389. The fourth-order valence-corrected chi connectivity index (χ4v) is 5.35. The highest BCUT2D eigenvalue weighted by atomic mass is 32.2. The summed E-state index contributed by atoms with van der Waals surface area (Å²) in [5.41, 5.74) is 1.48. The third kappa shape index (κ3) is 4.82. The molecule has 4 aromatic rings. The zero-order valence-corrected chi connectivity index (χ0v) is 19.5. The first-order valence-corrected chi connectivity index (χ1v) is 12.8. The molecule has 1 aliphatic heterocycles. The minimum Gasteiger partial charge on any atom is -0.490 e. The molecule has 1 N–H and O–H groups in total. The molecular formula is C24H20N2O6S2. The van der Waals surface area contributed by atoms with E-state index in [9.17, 15) is 13.2 Å². The molecule has 1 aliphatic rings. The van der Waals surface area contributed by atoms with Crippen LogP contribution in [0.5, 0.6) is 11.5 Å². The highest BCUT2D eigenvalue weighted by molar-refractivity contribution is 7.92. The Kier molecular flexibility index (Phi) is 6.08. The van der Waals surface area contributed by atoms with Crippen LogP contribution in [0.25, 0.3) is 10.2 Å². The Morgan fingerprint density at radius 3 is 2.56 bits per heavy atom. The summed E-state index contributed by atoms with van der Waals surface area (Å²) in [6.07, 6.45) is 0.727. The van der Waals surface area contributed by atoms with E-state index in [4.69, 9.17) is 14.2 Å². The van der Waals surface area contributed by atoms with Crippen LogP contribution >= 0.6 is 11.3 Å². The number of nitrogens with one attached hydrogen (secondary N) is 1. The van der Waals surface area contributed by atoms with Crippen LogP contribution in [0.3, 0.4) is 0 Å². The van der Waals surface area contributed by atoms with Crippen LogP contribution in [0.15, 0.2) is 71.6 Å². The maximum atomic E-state index is 12.8. The number of rotatable bonds is 6. The number of fused-ring (bicyclic) bond motifs is 2. The van der Waals surface area contributed by atoms with E-state index < -0.39 is 16.0 Å². The molecule has 0 aliphatic carbocycles. The van der Waals surface area contributed by atoms with Crippen molar-refractivity contribution in [3.05, 3.63) is 77.3 Å². The van der Waals surface area contributed by atoms with Gasteiger partial charge in [-0.2, -0.15) is 0 Å². The van der Waals surface area contributed by atoms with E-state index >= 15 is 0 Å². The van der Waals surface area contributed by atoms with Crippen LogP contribution in [0.4, 0.5) is 5.69 Å². The van der Waals surface area contributed by atoms with Gasteiger partial charge in [0.05, 0.1) is 33.9 Å². The standard InChI is InChI=1S/C24H20N2O6S2/c27-24(32-15-23-25-19-4-1-2-5-22(19)33-23)16-6-8-17(9-7-16)26-34(28,29)18-10-11-20-21(14-18)31-13-3-12-30-20/h1-2,4-11,14,26H,3,12-13,15H2. The summed E-state index contributed by atoms with van der Waals surface area (Å²) in [5.74, 6) is 0.397. The minimum atomic E-state index is -3.86. The van der Waals surface area contributed by atoms with Crippen molar-refractivity contribution in [3.8, 4) is 11.5 Å². The van der Waals surface area contributed by atoms with Crippen LogP contribution in [-0.4, -0.2) is 32.6 Å². The third-order valence-corrected chi connectivity index (χ3v) is 7.46. The van der Waals surface area contributed by atoms with Gasteiger partial charge in [0.2, 0.25) is 0 Å². The third-order valence-electron chi connectivity index (χ3n) is 5.07. The maximum absolute atomic E-state index is 12.8. The van der Waals surface area contributed by atoms with Crippen molar-refractivity contribution in [1.29, 1.82) is 0 Å². The number of carbonyl (C=O) groups is 1. The van der Waals surface area contributed by atoms with Gasteiger partial charge in [0.1, 0.15) is 11.6 Å². The highest BCUT2D eigenvalue weighted by Crippen LogP contribution is 2.32. The molecule has 0 saturated heterocycles. The van der Waals surface area contributed by atoms with E-state index in [-0.39, 0.29) is 11.5 Å². The van der Waals surface area contributed by atoms with Gasteiger partial charge in [0, 0.05) is 18.2 Å². The van der Waals surface area contributed by atoms with Gasteiger partial charge in [-0.1, -0.05) is 12.1 Å². The smallest absolute Gasteiger partial charge is 0.338 e. The van der Waals surface area contributed by atoms with E-state index in [1.807, 2.05) is 24.3 Å². The van der Waals surface area contributed by atoms with Crippen molar-refractivity contribution in [2.24, 2.45) is 0 Å². The molecular weight excluding hydrogens is 476 g/mol. The van der Waals surface area contributed by atoms with Gasteiger partial charge in [0.15, 0.2) is 11.5 Å². The van der Waals surface area contributed by atoms with Crippen molar-refractivity contribution in [2.45, 2.75) is 17.9 Å². The molecule has 5 rings (SSSR count). The van der Waals surface area contributed by atoms with E-state index in [1.165, 1.54) is 47.7 Å². The predicted molar refractivity (Wildman–Crippen MR) is 128 cm³/mol. The van der Waals surface area contributed by atoms with Gasteiger partial charge in [-0.25, -0.2) is 18.2 Å². The lowest BCUT2D eigenvalue weighted by atomic mass is 10.2. The Bertz CT molecular complexity index is 1420. The molecule has 0 spiro atoms. The van der Waals surface area contributed by atoms with Crippen molar-refractivity contribution in [2.75, 3.05) is 17.9 Å². The van der Waals surface area contributed by atoms with Gasteiger partial charge in [-0.3, -0.25) is 4.72 Å². The number of hydrogen-bond donors (Lipinski definition) is 1. The summed E-state index contributed by atoms with van der Waals surface area (Å²) < 4.78 is 45.7. The average molecular weight is 497 g/mol. The lowest BCUT2D eigenvalue weighted by molar-refractivity contribution is 0.0472. The monoisotopic (exact) mass is 496 g/mol. The van der Waals surface area contributed by atoms with Crippen molar-refractivity contribution in [3.63, 3.8) is 0 Å². The number of nitrogens with zero attached hydrogens (tertiary/aromatic N) is 1. The SMILES string of the molecule is O=C(OCc1nc2ccccc2s1)c1ccc(NS(=O)(=O)c2ccc3c(c2)OCCCO3)cc1. The Balaban J connectivity index is 1.23. The van der Waals surface area contributed by atoms with Crippen molar-refractivity contribution < 1.29 is 27.4 Å². The summed E-state index contributed by atoms with van der Waals surface area (Å²) in [7, 11) is -3.86. The fraction of sp³-hybridized carbons (Fsp3) is 0.167. The van der Waals surface area contributed by atoms with Crippen LogP contribution < -0.4 is 14.2 Å².